The lowest BCUT2D eigenvalue weighted by Crippen LogP contribution is -2.28. The first-order chi connectivity index (χ1) is 11.1. The molecule has 1 amide bonds. The summed E-state index contributed by atoms with van der Waals surface area (Å²) < 4.78 is 1.91. The minimum Gasteiger partial charge on any atom is -0.382 e. The molecule has 23 heavy (non-hydrogen) atoms. The van der Waals surface area contributed by atoms with Crippen molar-refractivity contribution in [2.75, 3.05) is 5.73 Å². The Hall–Kier alpha value is -3.22. The molecule has 1 aromatic carbocycles. The predicted octanol–water partition coefficient (Wildman–Crippen LogP) is 1.74. The second-order valence-corrected chi connectivity index (χ2v) is 5.05. The first-order valence-corrected chi connectivity index (χ1v) is 7.11. The molecule has 3 aromatic rings. The zero-order valence-electron chi connectivity index (χ0n) is 12.5. The number of nitrogen functional groups attached to an aromatic ring is 1. The number of nitrogens with zero attached hydrogens (tertiary/aromatic N) is 4. The highest BCUT2D eigenvalue weighted by Crippen LogP contribution is 2.16. The molecule has 7 heteroatoms. The second kappa shape index (κ2) is 6.27. The van der Waals surface area contributed by atoms with Gasteiger partial charge < -0.3 is 15.6 Å². The van der Waals surface area contributed by atoms with E-state index in [2.05, 4.69) is 20.3 Å². The first kappa shape index (κ1) is 14.7. The van der Waals surface area contributed by atoms with Crippen LogP contribution in [0.25, 0.3) is 5.69 Å². The van der Waals surface area contributed by atoms with Crippen LogP contribution >= 0.6 is 0 Å². The largest absolute Gasteiger partial charge is 0.382 e. The molecule has 0 fully saturated rings. The van der Waals surface area contributed by atoms with Gasteiger partial charge in [0.05, 0.1) is 12.4 Å². The number of nitrogens with one attached hydrogen (secondary N) is 1. The minimum atomic E-state index is -0.346. The van der Waals surface area contributed by atoms with E-state index in [0.29, 0.717) is 0 Å². The fraction of sp³-hybridized carbons (Fsp3) is 0.125. The van der Waals surface area contributed by atoms with E-state index < -0.39 is 0 Å². The van der Waals surface area contributed by atoms with Gasteiger partial charge in [-0.25, -0.2) is 15.0 Å². The van der Waals surface area contributed by atoms with E-state index in [1.165, 1.54) is 12.4 Å². The number of aromatic nitrogens is 4. The van der Waals surface area contributed by atoms with Gasteiger partial charge in [0, 0.05) is 30.5 Å². The topological polar surface area (TPSA) is 98.7 Å². The lowest BCUT2D eigenvalue weighted by atomic mass is 10.1. The lowest BCUT2D eigenvalue weighted by Gasteiger charge is -2.15. The van der Waals surface area contributed by atoms with Crippen molar-refractivity contribution >= 4 is 11.7 Å². The Morgan fingerprint density at radius 3 is 2.57 bits per heavy atom. The van der Waals surface area contributed by atoms with Gasteiger partial charge in [-0.1, -0.05) is 12.1 Å². The number of hydrogen-bond acceptors (Lipinski definition) is 5. The summed E-state index contributed by atoms with van der Waals surface area (Å²) in [7, 11) is 0. The highest BCUT2D eigenvalue weighted by molar-refractivity contribution is 5.96. The third-order valence-electron chi connectivity index (χ3n) is 3.48. The van der Waals surface area contributed by atoms with Crippen LogP contribution < -0.4 is 11.1 Å². The van der Waals surface area contributed by atoms with Crippen LogP contribution in [-0.4, -0.2) is 25.4 Å². The second-order valence-electron chi connectivity index (χ2n) is 5.05. The molecule has 0 unspecified atom stereocenters. The van der Waals surface area contributed by atoms with Crippen molar-refractivity contribution < 1.29 is 4.79 Å². The molecule has 3 rings (SSSR count). The van der Waals surface area contributed by atoms with E-state index in [-0.39, 0.29) is 23.5 Å². The molecular weight excluding hydrogens is 292 g/mol. The van der Waals surface area contributed by atoms with E-state index in [1.807, 2.05) is 42.0 Å². The van der Waals surface area contributed by atoms with Crippen molar-refractivity contribution in [3.8, 4) is 5.69 Å². The van der Waals surface area contributed by atoms with Crippen molar-refractivity contribution in [2.45, 2.75) is 13.0 Å². The molecule has 0 saturated carbocycles. The molecule has 2 heterocycles. The molecule has 0 bridgehead atoms. The van der Waals surface area contributed by atoms with Crippen LogP contribution in [0.15, 0.2) is 55.4 Å². The van der Waals surface area contributed by atoms with Crippen LogP contribution in [0.5, 0.6) is 0 Å². The Balaban J connectivity index is 1.72. The first-order valence-electron chi connectivity index (χ1n) is 7.11. The molecular formula is C16H16N6O. The number of hydrogen-bond donors (Lipinski definition) is 2. The van der Waals surface area contributed by atoms with Crippen molar-refractivity contribution in [3.05, 3.63) is 66.6 Å². The Kier molecular flexibility index (Phi) is 4.01. The van der Waals surface area contributed by atoms with E-state index in [4.69, 9.17) is 5.73 Å². The van der Waals surface area contributed by atoms with E-state index in [0.717, 1.165) is 11.3 Å². The number of carbonyl (C=O) groups excluding carboxylic acids is 1. The van der Waals surface area contributed by atoms with Crippen molar-refractivity contribution in [1.82, 2.24) is 24.8 Å². The zero-order chi connectivity index (χ0) is 16.2. The standard InChI is InChI=1S/C16H16N6O/c1-11(21-16(23)14-15(17)20-7-6-19-14)12-2-4-13(5-3-12)22-9-8-18-10-22/h2-11H,1H3,(H2,17,20)(H,21,23)/t11-/m1/s1. The fourth-order valence-corrected chi connectivity index (χ4v) is 2.22. The summed E-state index contributed by atoms with van der Waals surface area (Å²) in [5.74, 6) is -0.227. The van der Waals surface area contributed by atoms with Crippen LogP contribution in [-0.2, 0) is 0 Å². The van der Waals surface area contributed by atoms with Crippen molar-refractivity contribution in [2.24, 2.45) is 0 Å². The Morgan fingerprint density at radius 2 is 1.91 bits per heavy atom. The highest BCUT2D eigenvalue weighted by Gasteiger charge is 2.15. The maximum atomic E-state index is 12.2. The average Bonchev–Trinajstić information content (AvgIpc) is 3.09. The lowest BCUT2D eigenvalue weighted by molar-refractivity contribution is 0.0935. The normalized spacial score (nSPS) is 11.9. The van der Waals surface area contributed by atoms with Gasteiger partial charge in [-0.3, -0.25) is 4.79 Å². The van der Waals surface area contributed by atoms with Crippen LogP contribution in [0.3, 0.4) is 0 Å². The number of nitrogens with two attached hydrogens (primary N) is 1. The number of carbonyl (C=O) groups is 1. The fourth-order valence-electron chi connectivity index (χ4n) is 2.22. The van der Waals surface area contributed by atoms with Crippen LogP contribution in [0.1, 0.15) is 29.0 Å². The molecule has 0 aliphatic heterocycles. The average molecular weight is 308 g/mol. The van der Waals surface area contributed by atoms with Crippen LogP contribution in [0, 0.1) is 0 Å². The van der Waals surface area contributed by atoms with Crippen LogP contribution in [0.4, 0.5) is 5.82 Å². The maximum absolute atomic E-state index is 12.2. The summed E-state index contributed by atoms with van der Waals surface area (Å²) in [6, 6.07) is 7.67. The number of anilines is 1. The van der Waals surface area contributed by atoms with Gasteiger partial charge in [0.1, 0.15) is 0 Å². The summed E-state index contributed by atoms with van der Waals surface area (Å²) in [5, 5.41) is 2.87. The summed E-state index contributed by atoms with van der Waals surface area (Å²) in [6.45, 7) is 1.90. The third-order valence-corrected chi connectivity index (χ3v) is 3.48. The Bertz CT molecular complexity index is 798. The smallest absolute Gasteiger partial charge is 0.274 e. The summed E-state index contributed by atoms with van der Waals surface area (Å²) in [4.78, 5) is 24.0. The Morgan fingerprint density at radius 1 is 1.17 bits per heavy atom. The minimum absolute atomic E-state index is 0.118. The molecule has 0 radical (unpaired) electrons. The molecule has 0 spiro atoms. The van der Waals surface area contributed by atoms with Gasteiger partial charge >= 0.3 is 0 Å². The zero-order valence-corrected chi connectivity index (χ0v) is 12.5. The quantitative estimate of drug-likeness (QED) is 0.765. The van der Waals surface area contributed by atoms with E-state index in [9.17, 15) is 4.79 Å². The summed E-state index contributed by atoms with van der Waals surface area (Å²) >= 11 is 0. The predicted molar refractivity (Wildman–Crippen MR) is 85.9 cm³/mol. The monoisotopic (exact) mass is 308 g/mol. The number of imidazole rings is 1. The molecule has 3 N–H and O–H groups in total. The van der Waals surface area contributed by atoms with Gasteiger partial charge in [-0.05, 0) is 24.6 Å². The van der Waals surface area contributed by atoms with Crippen molar-refractivity contribution in [3.63, 3.8) is 0 Å². The SMILES string of the molecule is C[C@@H](NC(=O)c1nccnc1N)c1ccc(-n2ccnc2)cc1. The Labute approximate surface area is 133 Å². The maximum Gasteiger partial charge on any atom is 0.274 e. The number of amides is 1. The van der Waals surface area contributed by atoms with E-state index >= 15 is 0 Å². The molecule has 2 aromatic heterocycles. The number of rotatable bonds is 4. The molecule has 7 nitrogen and oxygen atoms in total. The molecule has 0 saturated heterocycles. The summed E-state index contributed by atoms with van der Waals surface area (Å²) in [6.07, 6.45) is 8.22. The van der Waals surface area contributed by atoms with Gasteiger partial charge in [-0.2, -0.15) is 0 Å². The molecule has 116 valence electrons. The highest BCUT2D eigenvalue weighted by atomic mass is 16.2. The number of benzene rings is 1. The van der Waals surface area contributed by atoms with E-state index in [1.54, 1.807) is 12.5 Å². The van der Waals surface area contributed by atoms with Crippen LogP contribution in [0.2, 0.25) is 0 Å². The molecule has 0 aliphatic rings. The molecule has 1 atom stereocenters. The van der Waals surface area contributed by atoms with Gasteiger partial charge in [0.25, 0.3) is 5.91 Å². The third kappa shape index (κ3) is 3.18. The van der Waals surface area contributed by atoms with Gasteiger partial charge in [0.15, 0.2) is 11.5 Å². The van der Waals surface area contributed by atoms with Gasteiger partial charge in [0.2, 0.25) is 0 Å². The van der Waals surface area contributed by atoms with Gasteiger partial charge in [-0.15, -0.1) is 0 Å². The molecule has 0 aliphatic carbocycles. The van der Waals surface area contributed by atoms with Crippen molar-refractivity contribution in [1.29, 1.82) is 0 Å². The summed E-state index contributed by atoms with van der Waals surface area (Å²) in [5.41, 5.74) is 7.78.